The van der Waals surface area contributed by atoms with Crippen LogP contribution in [-0.4, -0.2) is 32.5 Å². The van der Waals surface area contributed by atoms with Crippen molar-refractivity contribution in [2.75, 3.05) is 12.3 Å². The van der Waals surface area contributed by atoms with E-state index >= 15 is 0 Å². The molecular weight excluding hydrogens is 305 g/mol. The van der Waals surface area contributed by atoms with E-state index in [0.29, 0.717) is 10.0 Å². The van der Waals surface area contributed by atoms with E-state index in [1.165, 1.54) is 5.56 Å². The first-order chi connectivity index (χ1) is 9.16. The molecule has 0 bridgehead atoms. The van der Waals surface area contributed by atoms with Gasteiger partial charge in [-0.1, -0.05) is 41.0 Å². The molecule has 102 valence electrons. The Bertz CT molecular complexity index is 546. The first-order valence-corrected chi connectivity index (χ1v) is 7.51. The lowest BCUT2D eigenvalue weighted by atomic mass is 10.2. The molecular formula is C11H14Cl2N5S+. The van der Waals surface area contributed by atoms with Crippen molar-refractivity contribution in [3.8, 4) is 0 Å². The molecule has 0 radical (unpaired) electrons. The molecule has 0 unspecified atom stereocenters. The van der Waals surface area contributed by atoms with Gasteiger partial charge in [0.25, 0.3) is 0 Å². The zero-order valence-corrected chi connectivity index (χ0v) is 12.7. The summed E-state index contributed by atoms with van der Waals surface area (Å²) in [5.41, 5.74) is 1.17. The van der Waals surface area contributed by atoms with Crippen molar-refractivity contribution in [3.05, 3.63) is 33.8 Å². The van der Waals surface area contributed by atoms with Crippen molar-refractivity contribution in [1.82, 2.24) is 20.2 Å². The SMILES string of the molecule is Cn1nnnc1SCC[NH2+]Cc1ccc(Cl)c(Cl)c1. The molecule has 0 spiro atoms. The van der Waals surface area contributed by atoms with Crippen LogP contribution in [0.4, 0.5) is 0 Å². The van der Waals surface area contributed by atoms with Gasteiger partial charge in [-0.3, -0.25) is 0 Å². The van der Waals surface area contributed by atoms with Crippen LogP contribution in [-0.2, 0) is 13.6 Å². The molecule has 1 heterocycles. The predicted molar refractivity (Wildman–Crippen MR) is 76.5 cm³/mol. The first-order valence-electron chi connectivity index (χ1n) is 5.77. The van der Waals surface area contributed by atoms with Crippen LogP contribution >= 0.6 is 35.0 Å². The van der Waals surface area contributed by atoms with Gasteiger partial charge in [-0.05, 0) is 22.6 Å². The Morgan fingerprint density at radius 3 is 2.84 bits per heavy atom. The molecule has 2 aromatic rings. The molecule has 0 saturated carbocycles. The Kier molecular flexibility index (Phi) is 5.45. The number of benzene rings is 1. The zero-order valence-electron chi connectivity index (χ0n) is 10.4. The molecule has 0 atom stereocenters. The van der Waals surface area contributed by atoms with Gasteiger partial charge in [0.1, 0.15) is 6.54 Å². The van der Waals surface area contributed by atoms with Crippen molar-refractivity contribution >= 4 is 35.0 Å². The van der Waals surface area contributed by atoms with E-state index in [1.54, 1.807) is 16.4 Å². The fourth-order valence-electron chi connectivity index (χ4n) is 1.51. The van der Waals surface area contributed by atoms with Gasteiger partial charge >= 0.3 is 0 Å². The van der Waals surface area contributed by atoms with E-state index in [9.17, 15) is 0 Å². The Morgan fingerprint density at radius 1 is 1.32 bits per heavy atom. The van der Waals surface area contributed by atoms with Crippen LogP contribution in [0.3, 0.4) is 0 Å². The van der Waals surface area contributed by atoms with E-state index in [2.05, 4.69) is 20.8 Å². The van der Waals surface area contributed by atoms with Crippen molar-refractivity contribution in [2.45, 2.75) is 11.7 Å². The van der Waals surface area contributed by atoms with Gasteiger partial charge in [-0.25, -0.2) is 4.68 Å². The maximum absolute atomic E-state index is 5.96. The summed E-state index contributed by atoms with van der Waals surface area (Å²) in [5.74, 6) is 0.954. The number of quaternary nitrogens is 1. The second-order valence-electron chi connectivity index (χ2n) is 3.96. The van der Waals surface area contributed by atoms with Gasteiger partial charge < -0.3 is 5.32 Å². The third-order valence-electron chi connectivity index (χ3n) is 2.50. The number of hydrogen-bond donors (Lipinski definition) is 1. The van der Waals surface area contributed by atoms with Gasteiger partial charge in [-0.2, -0.15) is 0 Å². The maximum atomic E-state index is 5.96. The molecule has 8 heteroatoms. The summed E-state index contributed by atoms with van der Waals surface area (Å²) >= 11 is 13.5. The van der Waals surface area contributed by atoms with Gasteiger partial charge in [0.15, 0.2) is 0 Å². The summed E-state index contributed by atoms with van der Waals surface area (Å²) in [4.78, 5) is 0. The number of thioether (sulfide) groups is 1. The maximum Gasteiger partial charge on any atom is 0.209 e. The highest BCUT2D eigenvalue weighted by molar-refractivity contribution is 7.99. The number of aromatic nitrogens is 4. The second kappa shape index (κ2) is 7.09. The largest absolute Gasteiger partial charge is 0.342 e. The van der Waals surface area contributed by atoms with Crippen LogP contribution in [0.15, 0.2) is 23.4 Å². The van der Waals surface area contributed by atoms with Crippen LogP contribution in [0.5, 0.6) is 0 Å². The molecule has 2 N–H and O–H groups in total. The van der Waals surface area contributed by atoms with Crippen LogP contribution < -0.4 is 5.32 Å². The standard InChI is InChI=1S/C11H13Cl2N5S/c1-18-11(15-16-17-18)19-5-4-14-7-8-2-3-9(12)10(13)6-8/h2-3,6,14H,4-5,7H2,1H3/p+1. The van der Waals surface area contributed by atoms with Crippen molar-refractivity contribution in [1.29, 1.82) is 0 Å². The van der Waals surface area contributed by atoms with Crippen LogP contribution in [0, 0.1) is 0 Å². The van der Waals surface area contributed by atoms with E-state index in [-0.39, 0.29) is 0 Å². The molecule has 0 aliphatic rings. The van der Waals surface area contributed by atoms with Crippen LogP contribution in [0.25, 0.3) is 0 Å². The molecule has 0 aliphatic heterocycles. The van der Waals surface area contributed by atoms with Gasteiger partial charge in [0.2, 0.25) is 5.16 Å². The van der Waals surface area contributed by atoms with Crippen LogP contribution in [0.2, 0.25) is 10.0 Å². The lowest BCUT2D eigenvalue weighted by molar-refractivity contribution is -0.666. The van der Waals surface area contributed by atoms with Crippen molar-refractivity contribution in [3.63, 3.8) is 0 Å². The number of rotatable bonds is 6. The summed E-state index contributed by atoms with van der Waals surface area (Å²) in [6.45, 7) is 1.87. The van der Waals surface area contributed by atoms with E-state index in [1.807, 2.05) is 25.2 Å². The first kappa shape index (κ1) is 14.6. The third-order valence-corrected chi connectivity index (χ3v) is 4.28. The molecule has 1 aromatic carbocycles. The summed E-state index contributed by atoms with van der Waals surface area (Å²) in [6.07, 6.45) is 0. The summed E-state index contributed by atoms with van der Waals surface area (Å²) in [7, 11) is 1.84. The van der Waals surface area contributed by atoms with E-state index < -0.39 is 0 Å². The van der Waals surface area contributed by atoms with E-state index in [0.717, 1.165) is 24.0 Å². The average molecular weight is 319 g/mol. The number of hydrogen-bond acceptors (Lipinski definition) is 4. The number of halogens is 2. The minimum Gasteiger partial charge on any atom is -0.342 e. The Labute approximate surface area is 125 Å². The number of tetrazole rings is 1. The zero-order chi connectivity index (χ0) is 13.7. The minimum absolute atomic E-state index is 0.593. The number of aryl methyl sites for hydroxylation is 1. The molecule has 19 heavy (non-hydrogen) atoms. The van der Waals surface area contributed by atoms with Crippen molar-refractivity contribution < 1.29 is 5.32 Å². The molecule has 1 aromatic heterocycles. The topological polar surface area (TPSA) is 60.2 Å². The molecule has 0 aliphatic carbocycles. The summed E-state index contributed by atoms with van der Waals surface area (Å²) in [5, 5.41) is 15.5. The monoisotopic (exact) mass is 318 g/mol. The Balaban J connectivity index is 1.69. The summed E-state index contributed by atoms with van der Waals surface area (Å²) in [6, 6.07) is 5.72. The van der Waals surface area contributed by atoms with Gasteiger partial charge in [0, 0.05) is 12.6 Å². The third kappa shape index (κ3) is 4.35. The molecule has 5 nitrogen and oxygen atoms in total. The lowest BCUT2D eigenvalue weighted by Gasteiger charge is -2.03. The van der Waals surface area contributed by atoms with Gasteiger partial charge in [0.05, 0.1) is 22.3 Å². The second-order valence-corrected chi connectivity index (χ2v) is 5.84. The minimum atomic E-state index is 0.593. The van der Waals surface area contributed by atoms with Gasteiger partial charge in [-0.15, -0.1) is 5.10 Å². The predicted octanol–water partition coefficient (Wildman–Crippen LogP) is 1.37. The fraction of sp³-hybridized carbons (Fsp3) is 0.364. The number of nitrogens with two attached hydrogens (primary N) is 1. The molecule has 0 amide bonds. The van der Waals surface area contributed by atoms with Crippen LogP contribution in [0.1, 0.15) is 5.56 Å². The highest BCUT2D eigenvalue weighted by Crippen LogP contribution is 2.22. The average Bonchev–Trinajstić information content (AvgIpc) is 2.79. The highest BCUT2D eigenvalue weighted by Gasteiger charge is 2.04. The fourth-order valence-corrected chi connectivity index (χ4v) is 2.62. The summed E-state index contributed by atoms with van der Waals surface area (Å²) < 4.78 is 1.67. The Morgan fingerprint density at radius 2 is 2.16 bits per heavy atom. The quantitative estimate of drug-likeness (QED) is 0.645. The number of nitrogens with zero attached hydrogens (tertiary/aromatic N) is 4. The molecule has 0 saturated heterocycles. The lowest BCUT2D eigenvalue weighted by Crippen LogP contribution is -2.83. The normalized spacial score (nSPS) is 10.9. The highest BCUT2D eigenvalue weighted by atomic mass is 35.5. The van der Waals surface area contributed by atoms with Crippen molar-refractivity contribution in [2.24, 2.45) is 7.05 Å². The molecule has 2 rings (SSSR count). The molecule has 0 fully saturated rings. The Hall–Kier alpha value is -0.820. The smallest absolute Gasteiger partial charge is 0.209 e. The van der Waals surface area contributed by atoms with E-state index in [4.69, 9.17) is 23.2 Å².